The third kappa shape index (κ3) is 13.7. The van der Waals surface area contributed by atoms with E-state index < -0.39 is 0 Å². The fraction of sp³-hybridized carbons (Fsp3) is 0.0149. The second-order valence-corrected chi connectivity index (χ2v) is 37.2. The summed E-state index contributed by atoms with van der Waals surface area (Å²) in [6.07, 6.45) is 0. The molecular formula is C134H92N8. The Hall–Kier alpha value is -18.8. The predicted octanol–water partition coefficient (Wildman–Crippen LogP) is 36.2. The lowest BCUT2D eigenvalue weighted by atomic mass is 9.95. The molecule has 0 unspecified atom stereocenters. The standard InChI is InChI=1S/C68H48N4.C66H44N4/c1-45-27-32-50(33-28-45)69(51-34-29-46(2)30-35-51)52-36-38-53(39-37-52)71-61-23-11-9-19-57(61)67-55(21-13-25-65(67)71)56-22-14-26-66-68(56)58-20-10-12-24-62(58)72(66)54-40-42-64-60(44-54)59-43-48(47-15-5-3-6-16-47)31-41-63(59)70(64)49-17-7-4-8-18-49;1-5-19-45(20-6-1)46-35-41-61-57(43-46)58-44-52(40-42-62(58)68(61)49-25-11-4-12-26-49)70-60-32-16-14-28-56(60)66-54(30-18-34-64(66)70)53-29-17-33-63-65(53)55-27-13-15-31-59(55)69(63)51-38-36-50(37-39-51)67(47-21-7-2-8-22-47)48-23-9-3-10-24-48/h3-44H,1-2H3;1-44H. The predicted molar refractivity (Wildman–Crippen MR) is 600 cm³/mol. The van der Waals surface area contributed by atoms with Crippen LogP contribution in [0.3, 0.4) is 0 Å². The van der Waals surface area contributed by atoms with Gasteiger partial charge in [0.1, 0.15) is 0 Å². The van der Waals surface area contributed by atoms with Crippen molar-refractivity contribution < 1.29 is 0 Å². The number of hydrogen-bond acceptors (Lipinski definition) is 2. The van der Waals surface area contributed by atoms with Crippen molar-refractivity contribution in [2.24, 2.45) is 0 Å². The van der Waals surface area contributed by atoms with Crippen LogP contribution in [0.5, 0.6) is 0 Å². The maximum Gasteiger partial charge on any atom is 0.0547 e. The molecule has 142 heavy (non-hydrogen) atoms. The first-order valence-electron chi connectivity index (χ1n) is 48.9. The Balaban J connectivity index is 0.000000142. The molecule has 0 fully saturated rings. The average Bonchev–Trinajstić information content (AvgIpc) is 1.56. The van der Waals surface area contributed by atoms with Crippen LogP contribution in [0.1, 0.15) is 11.1 Å². The lowest BCUT2D eigenvalue weighted by Crippen LogP contribution is -2.10. The van der Waals surface area contributed by atoms with Gasteiger partial charge in [-0.3, -0.25) is 0 Å². The SMILES string of the molecule is Cc1ccc(N(c2ccc(C)cc2)c2ccc(-n3c4ccccc4c4c(-c5cccc6c5c5ccccc5n6-c5ccc6c(c5)c5cc(-c7ccccc7)ccc5n6-c5ccccc5)cccc43)cc2)cc1.c1ccc(-c2ccc3c(c2)c2cc(-n4c5ccccc5c5c(-c6cccc7c6c6ccccc6n7-c6ccc(N(c7ccccc7)c7ccccc7)cc6)cccc54)ccc2n3-c2ccccc2)cc1. The Bertz CT molecular complexity index is 9670. The molecule has 0 amide bonds. The number of benzene rings is 22. The van der Waals surface area contributed by atoms with Gasteiger partial charge in [-0.1, -0.05) is 302 Å². The molecule has 0 aliphatic rings. The monoisotopic (exact) mass is 1810 g/mol. The maximum absolute atomic E-state index is 2.47. The van der Waals surface area contributed by atoms with Gasteiger partial charge in [0.2, 0.25) is 0 Å². The average molecular weight is 1810 g/mol. The number of nitrogens with zero attached hydrogens (tertiary/aromatic N) is 8. The minimum Gasteiger partial charge on any atom is -0.311 e. The van der Waals surface area contributed by atoms with Crippen molar-refractivity contribution in [3.8, 4) is 78.6 Å². The summed E-state index contributed by atoms with van der Waals surface area (Å²) in [4.78, 5) is 4.65. The van der Waals surface area contributed by atoms with E-state index in [0.29, 0.717) is 0 Å². The highest BCUT2D eigenvalue weighted by molar-refractivity contribution is 6.25. The highest BCUT2D eigenvalue weighted by Gasteiger charge is 2.28. The number of anilines is 6. The van der Waals surface area contributed by atoms with Crippen molar-refractivity contribution >= 4 is 165 Å². The molecule has 6 aromatic heterocycles. The highest BCUT2D eigenvalue weighted by Crippen LogP contribution is 2.50. The first-order valence-corrected chi connectivity index (χ1v) is 48.9. The van der Waals surface area contributed by atoms with Crippen LogP contribution in [0.25, 0.3) is 209 Å². The number of hydrogen-bond donors (Lipinski definition) is 0. The normalized spacial score (nSPS) is 11.7. The first-order chi connectivity index (χ1) is 70.3. The van der Waals surface area contributed by atoms with Crippen LogP contribution in [-0.4, -0.2) is 27.4 Å². The number of fused-ring (bicyclic) bond motifs is 18. The number of aromatic nitrogens is 6. The molecule has 28 aromatic rings. The zero-order valence-corrected chi connectivity index (χ0v) is 78.2. The molecule has 6 heterocycles. The summed E-state index contributed by atoms with van der Waals surface area (Å²) >= 11 is 0. The van der Waals surface area contributed by atoms with Crippen molar-refractivity contribution in [1.82, 2.24) is 27.4 Å². The van der Waals surface area contributed by atoms with Gasteiger partial charge in [0.05, 0.1) is 66.2 Å². The summed E-state index contributed by atoms with van der Waals surface area (Å²) in [5.41, 5.74) is 39.8. The van der Waals surface area contributed by atoms with Gasteiger partial charge < -0.3 is 37.2 Å². The van der Waals surface area contributed by atoms with Crippen LogP contribution in [0, 0.1) is 13.8 Å². The number of rotatable bonds is 16. The third-order valence-electron chi connectivity index (χ3n) is 29.0. The molecule has 0 aliphatic heterocycles. The van der Waals surface area contributed by atoms with E-state index in [4.69, 9.17) is 0 Å². The van der Waals surface area contributed by atoms with Gasteiger partial charge in [0, 0.05) is 133 Å². The van der Waals surface area contributed by atoms with Crippen molar-refractivity contribution in [2.75, 3.05) is 9.80 Å². The quantitative estimate of drug-likeness (QED) is 0.0967. The van der Waals surface area contributed by atoms with E-state index in [0.717, 1.165) is 68.2 Å². The van der Waals surface area contributed by atoms with E-state index in [1.54, 1.807) is 0 Å². The van der Waals surface area contributed by atoms with Crippen LogP contribution < -0.4 is 9.80 Å². The van der Waals surface area contributed by atoms with Crippen molar-refractivity contribution in [3.63, 3.8) is 0 Å². The molecule has 0 aliphatic carbocycles. The molecule has 0 radical (unpaired) electrons. The molecule has 0 N–H and O–H groups in total. The van der Waals surface area contributed by atoms with Gasteiger partial charge in [-0.05, 0) is 289 Å². The summed E-state index contributed by atoms with van der Waals surface area (Å²) in [6, 6.07) is 191. The summed E-state index contributed by atoms with van der Waals surface area (Å²) < 4.78 is 14.6. The zero-order chi connectivity index (χ0) is 94.0. The third-order valence-corrected chi connectivity index (χ3v) is 29.0. The Kier molecular flexibility index (Phi) is 19.9. The first kappa shape index (κ1) is 82.7. The Labute approximate surface area is 821 Å². The minimum absolute atomic E-state index is 1.10. The molecule has 0 spiro atoms. The van der Waals surface area contributed by atoms with Crippen LogP contribution in [-0.2, 0) is 0 Å². The van der Waals surface area contributed by atoms with E-state index >= 15 is 0 Å². The summed E-state index contributed by atoms with van der Waals surface area (Å²) in [5.74, 6) is 0. The van der Waals surface area contributed by atoms with E-state index in [-0.39, 0.29) is 0 Å². The van der Waals surface area contributed by atoms with Crippen LogP contribution in [0.2, 0.25) is 0 Å². The molecule has 22 aromatic carbocycles. The van der Waals surface area contributed by atoms with Gasteiger partial charge in [-0.25, -0.2) is 0 Å². The van der Waals surface area contributed by atoms with Crippen molar-refractivity contribution in [3.05, 3.63) is 533 Å². The minimum atomic E-state index is 1.10. The van der Waals surface area contributed by atoms with Crippen LogP contribution in [0.4, 0.5) is 34.1 Å². The summed E-state index contributed by atoms with van der Waals surface area (Å²) in [6.45, 7) is 4.28. The van der Waals surface area contributed by atoms with E-state index in [1.807, 2.05) is 0 Å². The van der Waals surface area contributed by atoms with Gasteiger partial charge >= 0.3 is 0 Å². The molecule has 0 saturated carbocycles. The van der Waals surface area contributed by atoms with Crippen LogP contribution in [0.15, 0.2) is 522 Å². The van der Waals surface area contributed by atoms with Crippen molar-refractivity contribution in [2.45, 2.75) is 13.8 Å². The molecule has 0 saturated heterocycles. The Morgan fingerprint density at radius 2 is 0.345 bits per heavy atom. The van der Waals surface area contributed by atoms with E-state index in [1.165, 1.54) is 186 Å². The van der Waals surface area contributed by atoms with E-state index in [2.05, 4.69) is 573 Å². The van der Waals surface area contributed by atoms with E-state index in [9.17, 15) is 0 Å². The van der Waals surface area contributed by atoms with Gasteiger partial charge in [0.15, 0.2) is 0 Å². The molecule has 8 heteroatoms. The number of aryl methyl sites for hydroxylation is 2. The second-order valence-electron chi connectivity index (χ2n) is 37.2. The largest absolute Gasteiger partial charge is 0.311 e. The molecular weight excluding hydrogens is 1720 g/mol. The summed E-state index contributed by atoms with van der Waals surface area (Å²) in [5, 5.41) is 14.8. The molecule has 0 atom stereocenters. The van der Waals surface area contributed by atoms with Gasteiger partial charge in [-0.15, -0.1) is 0 Å². The lowest BCUT2D eigenvalue weighted by Gasteiger charge is -2.26. The highest BCUT2D eigenvalue weighted by atomic mass is 15.2. The topological polar surface area (TPSA) is 36.1 Å². The molecule has 8 nitrogen and oxygen atoms in total. The number of para-hydroxylation sites is 8. The fourth-order valence-corrected chi connectivity index (χ4v) is 22.7. The van der Waals surface area contributed by atoms with Crippen molar-refractivity contribution in [1.29, 1.82) is 0 Å². The van der Waals surface area contributed by atoms with Gasteiger partial charge in [-0.2, -0.15) is 0 Å². The molecule has 668 valence electrons. The maximum atomic E-state index is 2.47. The smallest absolute Gasteiger partial charge is 0.0547 e. The Morgan fingerprint density at radius 3 is 0.655 bits per heavy atom. The summed E-state index contributed by atoms with van der Waals surface area (Å²) in [7, 11) is 0. The zero-order valence-electron chi connectivity index (χ0n) is 78.2. The van der Waals surface area contributed by atoms with Gasteiger partial charge in [0.25, 0.3) is 0 Å². The molecule has 0 bridgehead atoms. The Morgan fingerprint density at radius 1 is 0.134 bits per heavy atom. The lowest BCUT2D eigenvalue weighted by molar-refractivity contribution is 1.17. The molecule has 28 rings (SSSR count). The van der Waals surface area contributed by atoms with Crippen LogP contribution >= 0.6 is 0 Å². The second kappa shape index (κ2) is 34.2. The fourth-order valence-electron chi connectivity index (χ4n) is 22.7.